The lowest BCUT2D eigenvalue weighted by Crippen LogP contribution is -2.33. The normalized spacial score (nSPS) is 38.2. The molecule has 1 heteroatoms. The molecule has 1 aliphatic carbocycles. The van der Waals surface area contributed by atoms with E-state index in [1.54, 1.807) is 0 Å². The van der Waals surface area contributed by atoms with Crippen molar-refractivity contribution in [3.63, 3.8) is 0 Å². The molecule has 0 amide bonds. The molecule has 1 saturated carbocycles. The molecule has 1 nitrogen and oxygen atoms in total. The zero-order valence-corrected chi connectivity index (χ0v) is 8.51. The van der Waals surface area contributed by atoms with E-state index in [0.29, 0.717) is 11.3 Å². The highest BCUT2D eigenvalue weighted by atomic mass is 16.3. The molecule has 0 heterocycles. The Balaban J connectivity index is 2.51. The van der Waals surface area contributed by atoms with Gasteiger partial charge in [-0.05, 0) is 43.4 Å². The van der Waals surface area contributed by atoms with E-state index in [-0.39, 0.29) is 12.0 Å². The zero-order chi connectivity index (χ0) is 9.35. The topological polar surface area (TPSA) is 20.2 Å². The van der Waals surface area contributed by atoms with Crippen LogP contribution in [0, 0.1) is 24.2 Å². The first-order valence-electron chi connectivity index (χ1n) is 4.92. The lowest BCUT2D eigenvalue weighted by Gasteiger charge is -2.38. The highest BCUT2D eigenvalue weighted by molar-refractivity contribution is 4.86. The Morgan fingerprint density at radius 1 is 1.25 bits per heavy atom. The van der Waals surface area contributed by atoms with E-state index in [1.807, 2.05) is 0 Å². The second-order valence-electron chi connectivity index (χ2n) is 5.20. The maximum Gasteiger partial charge on any atom is 0.0571 e. The van der Waals surface area contributed by atoms with Gasteiger partial charge in [0.1, 0.15) is 0 Å². The van der Waals surface area contributed by atoms with E-state index < -0.39 is 0 Å². The average molecular weight is 169 g/mol. The van der Waals surface area contributed by atoms with Gasteiger partial charge in [0.05, 0.1) is 6.10 Å². The van der Waals surface area contributed by atoms with Crippen LogP contribution >= 0.6 is 0 Å². The Labute approximate surface area is 76.2 Å². The van der Waals surface area contributed by atoms with Crippen molar-refractivity contribution in [1.82, 2.24) is 0 Å². The summed E-state index contributed by atoms with van der Waals surface area (Å²) in [5, 5.41) is 9.65. The first kappa shape index (κ1) is 10.0. The zero-order valence-electron chi connectivity index (χ0n) is 8.51. The number of hydrogen-bond acceptors (Lipinski definition) is 1. The third-order valence-corrected chi connectivity index (χ3v) is 3.18. The summed E-state index contributed by atoms with van der Waals surface area (Å²) in [6.45, 7) is 10.7. The molecular weight excluding hydrogens is 148 g/mol. The highest BCUT2D eigenvalue weighted by Crippen LogP contribution is 2.39. The monoisotopic (exact) mass is 169 g/mol. The second kappa shape index (κ2) is 3.37. The summed E-state index contributed by atoms with van der Waals surface area (Å²) < 4.78 is 0. The Morgan fingerprint density at radius 3 is 2.25 bits per heavy atom. The molecule has 0 aromatic rings. The Morgan fingerprint density at radius 2 is 1.83 bits per heavy atom. The largest absolute Gasteiger partial charge is 0.393 e. The number of aliphatic hydroxyl groups excluding tert-OH is 1. The quantitative estimate of drug-likeness (QED) is 0.591. The van der Waals surface area contributed by atoms with Crippen LogP contribution in [0.4, 0.5) is 0 Å². The van der Waals surface area contributed by atoms with E-state index in [4.69, 9.17) is 0 Å². The molecule has 1 rings (SSSR count). The minimum atomic E-state index is -0.164. The lowest BCUT2D eigenvalue weighted by molar-refractivity contribution is 0.0293. The van der Waals surface area contributed by atoms with E-state index in [0.717, 1.165) is 12.8 Å². The summed E-state index contributed by atoms with van der Waals surface area (Å²) >= 11 is 0. The summed E-state index contributed by atoms with van der Waals surface area (Å²) in [5.41, 5.74) is 0.348. The third-order valence-electron chi connectivity index (χ3n) is 3.18. The Bertz CT molecular complexity index is 146. The molecule has 0 spiro atoms. The molecule has 1 unspecified atom stereocenters. The Hall–Kier alpha value is -0.0400. The molecule has 0 aliphatic heterocycles. The van der Waals surface area contributed by atoms with Crippen LogP contribution in [0.25, 0.3) is 0 Å². The maximum atomic E-state index is 9.65. The minimum absolute atomic E-state index is 0.164. The standard InChI is InChI=1S/C11H21O/c1-8-5-6-9(7-10(8)12)11(2,3)4/h8-10,12H,1,5-7H2,2-4H3/t8?,9-,10-/m1/s1. The van der Waals surface area contributed by atoms with Crippen molar-refractivity contribution < 1.29 is 5.11 Å². The number of hydrogen-bond donors (Lipinski definition) is 1. The van der Waals surface area contributed by atoms with Gasteiger partial charge in [-0.1, -0.05) is 20.8 Å². The molecule has 0 saturated heterocycles. The van der Waals surface area contributed by atoms with Gasteiger partial charge in [-0.3, -0.25) is 0 Å². The van der Waals surface area contributed by atoms with E-state index in [2.05, 4.69) is 27.7 Å². The lowest BCUT2D eigenvalue weighted by atomic mass is 9.69. The van der Waals surface area contributed by atoms with Crippen LogP contribution in [-0.2, 0) is 0 Å². The van der Waals surface area contributed by atoms with Crippen LogP contribution in [0.2, 0.25) is 0 Å². The molecule has 1 radical (unpaired) electrons. The van der Waals surface area contributed by atoms with Crippen LogP contribution in [-0.4, -0.2) is 11.2 Å². The van der Waals surface area contributed by atoms with Crippen LogP contribution in [0.15, 0.2) is 0 Å². The van der Waals surface area contributed by atoms with Crippen molar-refractivity contribution in [2.45, 2.75) is 46.1 Å². The minimum Gasteiger partial charge on any atom is -0.393 e. The highest BCUT2D eigenvalue weighted by Gasteiger charge is 2.32. The van der Waals surface area contributed by atoms with Crippen molar-refractivity contribution >= 4 is 0 Å². The molecule has 1 aliphatic rings. The van der Waals surface area contributed by atoms with Crippen LogP contribution in [0.5, 0.6) is 0 Å². The average Bonchev–Trinajstić information content (AvgIpc) is 1.92. The van der Waals surface area contributed by atoms with Crippen LogP contribution < -0.4 is 0 Å². The first-order chi connectivity index (χ1) is 5.41. The smallest absolute Gasteiger partial charge is 0.0571 e. The second-order valence-corrected chi connectivity index (χ2v) is 5.20. The summed E-state index contributed by atoms with van der Waals surface area (Å²) in [5.74, 6) is 0.939. The molecule has 1 fully saturated rings. The van der Waals surface area contributed by atoms with Gasteiger partial charge in [-0.2, -0.15) is 0 Å². The summed E-state index contributed by atoms with van der Waals surface area (Å²) in [4.78, 5) is 0. The first-order valence-corrected chi connectivity index (χ1v) is 4.92. The fourth-order valence-electron chi connectivity index (χ4n) is 2.00. The Kier molecular flexibility index (Phi) is 2.82. The van der Waals surface area contributed by atoms with Gasteiger partial charge in [-0.25, -0.2) is 0 Å². The molecule has 0 aromatic heterocycles. The molecular formula is C11H21O. The van der Waals surface area contributed by atoms with Gasteiger partial charge in [0.2, 0.25) is 0 Å². The van der Waals surface area contributed by atoms with Crippen molar-refractivity contribution in [1.29, 1.82) is 0 Å². The van der Waals surface area contributed by atoms with Gasteiger partial charge in [-0.15, -0.1) is 0 Å². The van der Waals surface area contributed by atoms with Gasteiger partial charge in [0, 0.05) is 0 Å². The maximum absolute atomic E-state index is 9.65. The van der Waals surface area contributed by atoms with Gasteiger partial charge in [0.15, 0.2) is 0 Å². The SMILES string of the molecule is [CH2]C1CC[C@@H](C(C)(C)C)C[C@H]1O. The molecule has 12 heavy (non-hydrogen) atoms. The van der Waals surface area contributed by atoms with Crippen LogP contribution in [0.3, 0.4) is 0 Å². The van der Waals surface area contributed by atoms with Crippen LogP contribution in [0.1, 0.15) is 40.0 Å². The predicted molar refractivity (Wildman–Crippen MR) is 51.6 cm³/mol. The third kappa shape index (κ3) is 2.22. The van der Waals surface area contributed by atoms with Crippen molar-refractivity contribution in [2.24, 2.45) is 17.3 Å². The van der Waals surface area contributed by atoms with E-state index >= 15 is 0 Å². The molecule has 3 atom stereocenters. The number of rotatable bonds is 0. The summed E-state index contributed by atoms with van der Waals surface area (Å²) in [6.07, 6.45) is 3.10. The van der Waals surface area contributed by atoms with Crippen molar-refractivity contribution in [3.8, 4) is 0 Å². The molecule has 1 N–H and O–H groups in total. The molecule has 71 valence electrons. The fraction of sp³-hybridized carbons (Fsp3) is 0.909. The number of aliphatic hydroxyl groups is 1. The summed E-state index contributed by atoms with van der Waals surface area (Å²) in [6, 6.07) is 0. The van der Waals surface area contributed by atoms with Crippen molar-refractivity contribution in [3.05, 3.63) is 6.92 Å². The van der Waals surface area contributed by atoms with E-state index in [1.165, 1.54) is 6.42 Å². The van der Waals surface area contributed by atoms with Gasteiger partial charge in [0.25, 0.3) is 0 Å². The van der Waals surface area contributed by atoms with Gasteiger partial charge >= 0.3 is 0 Å². The fourth-order valence-corrected chi connectivity index (χ4v) is 2.00. The molecule has 0 aromatic carbocycles. The summed E-state index contributed by atoms with van der Waals surface area (Å²) in [7, 11) is 0. The van der Waals surface area contributed by atoms with Crippen molar-refractivity contribution in [2.75, 3.05) is 0 Å². The van der Waals surface area contributed by atoms with E-state index in [9.17, 15) is 5.11 Å². The van der Waals surface area contributed by atoms with Gasteiger partial charge < -0.3 is 5.11 Å². The predicted octanol–water partition coefficient (Wildman–Crippen LogP) is 2.64. The molecule has 0 bridgehead atoms.